The lowest BCUT2D eigenvalue weighted by Gasteiger charge is -2.23. The lowest BCUT2D eigenvalue weighted by molar-refractivity contribution is 0.582. The van der Waals surface area contributed by atoms with Crippen molar-refractivity contribution in [2.24, 2.45) is 5.92 Å². The maximum absolute atomic E-state index is 8.58. The van der Waals surface area contributed by atoms with E-state index in [1.54, 1.807) is 0 Å². The van der Waals surface area contributed by atoms with Crippen LogP contribution in [-0.2, 0) is 11.8 Å². The van der Waals surface area contributed by atoms with Crippen molar-refractivity contribution >= 4 is 11.8 Å². The number of nitriles is 1. The van der Waals surface area contributed by atoms with Crippen LogP contribution in [-0.4, -0.2) is 5.75 Å². The Kier molecular flexibility index (Phi) is 5.28. The second-order valence-corrected chi connectivity index (χ2v) is 6.92. The standard InChI is InChI=1S/C16H23NS/c1-12(10-18-11-17)8-14-7-6-13(2)15(9-14)16(3,4)5/h6-7,9,12H,8,10H2,1-5H3. The molecule has 0 fully saturated rings. The Morgan fingerprint density at radius 3 is 2.56 bits per heavy atom. The molecule has 0 aliphatic heterocycles. The minimum Gasteiger partial charge on any atom is -0.185 e. The molecule has 1 nitrogen and oxygen atoms in total. The molecule has 0 radical (unpaired) electrons. The minimum atomic E-state index is 0.199. The van der Waals surface area contributed by atoms with Crippen LogP contribution < -0.4 is 0 Å². The van der Waals surface area contributed by atoms with Gasteiger partial charge in [-0.1, -0.05) is 45.9 Å². The summed E-state index contributed by atoms with van der Waals surface area (Å²) in [5.41, 5.74) is 4.38. The van der Waals surface area contributed by atoms with Gasteiger partial charge in [-0.2, -0.15) is 5.26 Å². The maximum atomic E-state index is 8.58. The van der Waals surface area contributed by atoms with Gasteiger partial charge < -0.3 is 0 Å². The Labute approximate surface area is 116 Å². The summed E-state index contributed by atoms with van der Waals surface area (Å²) >= 11 is 1.35. The molecule has 18 heavy (non-hydrogen) atoms. The number of hydrogen-bond donors (Lipinski definition) is 0. The van der Waals surface area contributed by atoms with Crippen molar-refractivity contribution in [1.82, 2.24) is 0 Å². The number of aryl methyl sites for hydroxylation is 1. The van der Waals surface area contributed by atoms with Crippen LogP contribution in [0, 0.1) is 23.5 Å². The van der Waals surface area contributed by atoms with Crippen molar-refractivity contribution in [2.45, 2.75) is 46.5 Å². The van der Waals surface area contributed by atoms with Crippen LogP contribution in [0.4, 0.5) is 0 Å². The summed E-state index contributed by atoms with van der Waals surface area (Å²) < 4.78 is 0. The highest BCUT2D eigenvalue weighted by atomic mass is 32.2. The molecule has 0 saturated heterocycles. The molecule has 1 atom stereocenters. The van der Waals surface area contributed by atoms with Crippen LogP contribution in [0.5, 0.6) is 0 Å². The predicted octanol–water partition coefficient (Wildman–Crippen LogP) is 4.69. The number of nitrogens with zero attached hydrogens (tertiary/aromatic N) is 1. The number of thiocyanates is 1. The molecule has 0 amide bonds. The van der Waals surface area contributed by atoms with Gasteiger partial charge in [-0.3, -0.25) is 0 Å². The number of rotatable bonds is 4. The third-order valence-corrected chi connectivity index (χ3v) is 3.99. The highest BCUT2D eigenvalue weighted by molar-refractivity contribution is 8.03. The fourth-order valence-electron chi connectivity index (χ4n) is 2.24. The van der Waals surface area contributed by atoms with E-state index in [1.807, 2.05) is 0 Å². The second-order valence-electron chi connectivity index (χ2n) is 6.11. The van der Waals surface area contributed by atoms with Crippen molar-refractivity contribution in [3.63, 3.8) is 0 Å². The van der Waals surface area contributed by atoms with Gasteiger partial charge in [-0.05, 0) is 53.1 Å². The zero-order valence-corrected chi connectivity index (χ0v) is 12.9. The second kappa shape index (κ2) is 6.29. The third-order valence-electron chi connectivity index (χ3n) is 3.13. The molecule has 0 heterocycles. The Morgan fingerprint density at radius 1 is 1.33 bits per heavy atom. The molecule has 1 aromatic rings. The predicted molar refractivity (Wildman–Crippen MR) is 80.8 cm³/mol. The molecular formula is C16H23NS. The van der Waals surface area contributed by atoms with Crippen molar-refractivity contribution in [3.8, 4) is 5.40 Å². The zero-order valence-electron chi connectivity index (χ0n) is 12.1. The first kappa shape index (κ1) is 15.1. The van der Waals surface area contributed by atoms with Crippen molar-refractivity contribution in [2.75, 3.05) is 5.75 Å². The molecule has 0 aromatic heterocycles. The molecular weight excluding hydrogens is 238 g/mol. The number of hydrogen-bond acceptors (Lipinski definition) is 2. The monoisotopic (exact) mass is 261 g/mol. The van der Waals surface area contributed by atoms with Crippen LogP contribution >= 0.6 is 11.8 Å². The van der Waals surface area contributed by atoms with Gasteiger partial charge in [0.2, 0.25) is 0 Å². The third kappa shape index (κ3) is 4.38. The average molecular weight is 261 g/mol. The van der Waals surface area contributed by atoms with E-state index >= 15 is 0 Å². The SMILES string of the molecule is Cc1ccc(CC(C)CSC#N)cc1C(C)(C)C. The van der Waals surface area contributed by atoms with Crippen LogP contribution in [0.15, 0.2) is 18.2 Å². The van der Waals surface area contributed by atoms with E-state index in [1.165, 1.54) is 28.5 Å². The summed E-state index contributed by atoms with van der Waals surface area (Å²) in [5, 5.41) is 10.7. The molecule has 1 aromatic carbocycles. The van der Waals surface area contributed by atoms with Crippen molar-refractivity contribution in [1.29, 1.82) is 5.26 Å². The summed E-state index contributed by atoms with van der Waals surface area (Å²) in [7, 11) is 0. The summed E-state index contributed by atoms with van der Waals surface area (Å²) in [6.07, 6.45) is 1.05. The van der Waals surface area contributed by atoms with Crippen LogP contribution in [0.3, 0.4) is 0 Å². The Balaban J connectivity index is 2.83. The molecule has 0 spiro atoms. The first-order valence-electron chi connectivity index (χ1n) is 6.45. The number of benzene rings is 1. The Morgan fingerprint density at radius 2 is 2.00 bits per heavy atom. The Bertz CT molecular complexity index is 437. The van der Waals surface area contributed by atoms with Crippen molar-refractivity contribution in [3.05, 3.63) is 34.9 Å². The summed E-state index contributed by atoms with van der Waals surface area (Å²) in [4.78, 5) is 0. The van der Waals surface area contributed by atoms with Gasteiger partial charge in [0, 0.05) is 5.75 Å². The fourth-order valence-corrected chi connectivity index (χ4v) is 2.72. The molecule has 98 valence electrons. The molecule has 2 heteroatoms. The minimum absolute atomic E-state index is 0.199. The van der Waals surface area contributed by atoms with Crippen molar-refractivity contribution < 1.29 is 0 Å². The van der Waals surface area contributed by atoms with E-state index in [2.05, 4.69) is 58.2 Å². The molecule has 1 unspecified atom stereocenters. The number of thioether (sulfide) groups is 1. The highest BCUT2D eigenvalue weighted by Gasteiger charge is 2.17. The smallest absolute Gasteiger partial charge is 0.133 e. The quantitative estimate of drug-likeness (QED) is 0.734. The lowest BCUT2D eigenvalue weighted by atomic mass is 9.82. The van der Waals surface area contributed by atoms with Gasteiger partial charge in [0.15, 0.2) is 0 Å². The van der Waals surface area contributed by atoms with E-state index in [4.69, 9.17) is 5.26 Å². The first-order valence-corrected chi connectivity index (χ1v) is 7.44. The molecule has 1 rings (SSSR count). The summed E-state index contributed by atoms with van der Waals surface area (Å²) in [6.45, 7) is 11.2. The highest BCUT2D eigenvalue weighted by Crippen LogP contribution is 2.27. The van der Waals surface area contributed by atoms with E-state index in [-0.39, 0.29) is 5.41 Å². The average Bonchev–Trinajstić information content (AvgIpc) is 2.27. The normalized spacial score (nSPS) is 13.1. The van der Waals surface area contributed by atoms with E-state index in [0.717, 1.165) is 12.2 Å². The Hall–Kier alpha value is -0.940. The molecule has 0 saturated carbocycles. The largest absolute Gasteiger partial charge is 0.185 e. The van der Waals surface area contributed by atoms with Crippen LogP contribution in [0.2, 0.25) is 0 Å². The van der Waals surface area contributed by atoms with E-state index in [0.29, 0.717) is 5.92 Å². The first-order chi connectivity index (χ1) is 8.34. The molecule has 0 aliphatic carbocycles. The summed E-state index contributed by atoms with van der Waals surface area (Å²) in [6, 6.07) is 6.78. The van der Waals surface area contributed by atoms with Gasteiger partial charge in [-0.15, -0.1) is 0 Å². The maximum Gasteiger partial charge on any atom is 0.133 e. The van der Waals surface area contributed by atoms with Gasteiger partial charge in [0.25, 0.3) is 0 Å². The van der Waals surface area contributed by atoms with E-state index in [9.17, 15) is 0 Å². The van der Waals surface area contributed by atoms with Crippen LogP contribution in [0.1, 0.15) is 44.4 Å². The molecule has 0 bridgehead atoms. The lowest BCUT2D eigenvalue weighted by Crippen LogP contribution is -2.14. The van der Waals surface area contributed by atoms with Gasteiger partial charge in [0.1, 0.15) is 5.40 Å². The zero-order chi connectivity index (χ0) is 13.8. The topological polar surface area (TPSA) is 23.8 Å². The summed E-state index contributed by atoms with van der Waals surface area (Å²) in [5.74, 6) is 1.46. The van der Waals surface area contributed by atoms with E-state index < -0.39 is 0 Å². The molecule has 0 N–H and O–H groups in total. The van der Waals surface area contributed by atoms with Crippen LogP contribution in [0.25, 0.3) is 0 Å². The molecule has 0 aliphatic rings. The van der Waals surface area contributed by atoms with Gasteiger partial charge in [-0.25, -0.2) is 0 Å². The fraction of sp³-hybridized carbons (Fsp3) is 0.562. The van der Waals surface area contributed by atoms with Gasteiger partial charge in [0.05, 0.1) is 0 Å². The van der Waals surface area contributed by atoms with Gasteiger partial charge >= 0.3 is 0 Å².